The Hall–Kier alpha value is -2.68. The Kier molecular flexibility index (Phi) is 4.23. The van der Waals surface area contributed by atoms with Crippen LogP contribution in [0.25, 0.3) is 16.7 Å². The average molecular weight is 411 g/mol. The summed E-state index contributed by atoms with van der Waals surface area (Å²) < 4.78 is 3.88. The van der Waals surface area contributed by atoms with Crippen LogP contribution in [-0.4, -0.2) is 58.4 Å². The second-order valence-electron chi connectivity index (χ2n) is 8.43. The quantitative estimate of drug-likeness (QED) is 0.555. The maximum atomic E-state index is 4.85. The Labute approximate surface area is 171 Å². The number of fused-ring (bicyclic) bond motifs is 2. The van der Waals surface area contributed by atoms with Gasteiger partial charge in [-0.05, 0) is 62.3 Å². The van der Waals surface area contributed by atoms with Crippen molar-refractivity contribution in [1.29, 1.82) is 0 Å². The average Bonchev–Trinajstić information content (AvgIpc) is 3.26. The molecule has 1 aliphatic rings. The van der Waals surface area contributed by atoms with Gasteiger partial charge in [0.2, 0.25) is 5.95 Å². The molecule has 4 aromatic heterocycles. The first-order valence-corrected chi connectivity index (χ1v) is 12.7. The highest BCUT2D eigenvalue weighted by Crippen LogP contribution is 2.48. The second kappa shape index (κ2) is 6.69. The fourth-order valence-corrected chi connectivity index (χ4v) is 6.01. The van der Waals surface area contributed by atoms with Gasteiger partial charge < -0.3 is 5.32 Å². The minimum absolute atomic E-state index is 0.419. The fourth-order valence-electron chi connectivity index (χ4n) is 3.99. The molecule has 29 heavy (non-hydrogen) atoms. The Balaban J connectivity index is 1.50. The Bertz CT molecular complexity index is 1200. The van der Waals surface area contributed by atoms with Crippen molar-refractivity contribution in [2.75, 3.05) is 29.3 Å². The molecule has 0 spiro atoms. The van der Waals surface area contributed by atoms with E-state index in [1.807, 2.05) is 32.3 Å². The molecule has 152 valence electrons. The van der Waals surface area contributed by atoms with Crippen molar-refractivity contribution >= 4 is 38.3 Å². The molecule has 1 N–H and O–H groups in total. The predicted octanol–water partition coefficient (Wildman–Crippen LogP) is 3.63. The zero-order valence-electron chi connectivity index (χ0n) is 17.3. The van der Waals surface area contributed by atoms with Gasteiger partial charge in [0.25, 0.3) is 0 Å². The normalized spacial score (nSPS) is 18.3. The van der Waals surface area contributed by atoms with E-state index in [2.05, 4.69) is 37.6 Å². The highest BCUT2D eigenvalue weighted by molar-refractivity contribution is 8.32. The van der Waals surface area contributed by atoms with Gasteiger partial charge in [0.1, 0.15) is 6.33 Å². The molecule has 4 aromatic rings. The van der Waals surface area contributed by atoms with Gasteiger partial charge in [-0.2, -0.15) is 15.2 Å². The molecule has 0 aliphatic carbocycles. The molecule has 0 bridgehead atoms. The van der Waals surface area contributed by atoms with Gasteiger partial charge in [0, 0.05) is 6.20 Å². The smallest absolute Gasteiger partial charge is 0.229 e. The molecular formula is C20H26N8S. The fraction of sp³-hybridized carbons (Fsp3) is 0.450. The summed E-state index contributed by atoms with van der Waals surface area (Å²) in [5, 5.41) is 13.4. The van der Waals surface area contributed by atoms with E-state index in [0.29, 0.717) is 12.0 Å². The number of nitrogens with zero attached hydrogens (tertiary/aromatic N) is 7. The Morgan fingerprint density at radius 2 is 1.93 bits per heavy atom. The molecule has 5 rings (SSSR count). The molecule has 1 aliphatic heterocycles. The third-order valence-electron chi connectivity index (χ3n) is 5.86. The van der Waals surface area contributed by atoms with E-state index in [9.17, 15) is 0 Å². The topological polar surface area (TPSA) is 85.8 Å². The summed E-state index contributed by atoms with van der Waals surface area (Å²) in [7, 11) is -0.436. The maximum absolute atomic E-state index is 4.85. The highest BCUT2D eigenvalue weighted by Gasteiger charge is 2.27. The molecular weight excluding hydrogens is 384 g/mol. The number of nitrogens with one attached hydrogen (secondary N) is 1. The number of aryl methyl sites for hydroxylation is 2. The van der Waals surface area contributed by atoms with Crippen molar-refractivity contribution < 1.29 is 0 Å². The van der Waals surface area contributed by atoms with Crippen LogP contribution in [0.5, 0.6) is 0 Å². The van der Waals surface area contributed by atoms with Gasteiger partial charge in [0.05, 0.1) is 29.0 Å². The summed E-state index contributed by atoms with van der Waals surface area (Å²) in [4.78, 5) is 13.6. The molecule has 0 aromatic carbocycles. The third kappa shape index (κ3) is 3.33. The molecule has 8 nitrogen and oxygen atoms in total. The summed E-state index contributed by atoms with van der Waals surface area (Å²) in [6.45, 7) is 4.08. The summed E-state index contributed by atoms with van der Waals surface area (Å²) in [6.07, 6.45) is 12.6. The maximum Gasteiger partial charge on any atom is 0.229 e. The van der Waals surface area contributed by atoms with Crippen molar-refractivity contribution in [1.82, 2.24) is 34.3 Å². The van der Waals surface area contributed by atoms with Crippen molar-refractivity contribution in [3.05, 3.63) is 36.0 Å². The molecule has 0 saturated carbocycles. The number of hydrogen-bond donors (Lipinski definition) is 1. The SMILES string of the molecule is Cc1cc2ncnn2cc1Nc1ncc2c(C)nn(C3CCS(C)(C)CC3)c2n1. The Morgan fingerprint density at radius 1 is 1.14 bits per heavy atom. The minimum Gasteiger partial charge on any atom is -0.323 e. The van der Waals surface area contributed by atoms with E-state index in [1.165, 1.54) is 24.3 Å². The van der Waals surface area contributed by atoms with Crippen molar-refractivity contribution in [2.45, 2.75) is 32.7 Å². The van der Waals surface area contributed by atoms with Gasteiger partial charge in [-0.25, -0.2) is 29.2 Å². The molecule has 9 heteroatoms. The molecule has 0 atom stereocenters. The highest BCUT2D eigenvalue weighted by atomic mass is 32.3. The van der Waals surface area contributed by atoms with Crippen molar-refractivity contribution in [2.24, 2.45) is 0 Å². The Morgan fingerprint density at radius 3 is 2.72 bits per heavy atom. The first-order chi connectivity index (χ1) is 13.9. The largest absolute Gasteiger partial charge is 0.323 e. The van der Waals surface area contributed by atoms with Gasteiger partial charge in [0.15, 0.2) is 11.3 Å². The van der Waals surface area contributed by atoms with Crippen LogP contribution in [0, 0.1) is 13.8 Å². The molecule has 0 radical (unpaired) electrons. The van der Waals surface area contributed by atoms with E-state index >= 15 is 0 Å². The van der Waals surface area contributed by atoms with Crippen LogP contribution < -0.4 is 5.32 Å². The van der Waals surface area contributed by atoms with Crippen LogP contribution in [-0.2, 0) is 0 Å². The standard InChI is InChI=1S/C20H26N8S/c1-13-9-18-22-12-23-27(18)11-17(13)24-20-21-10-16-14(2)26-28(19(16)25-20)15-5-7-29(3,4)8-6-15/h9-12,15H,5-8H2,1-4H3,(H,21,24,25). The number of rotatable bonds is 3. The van der Waals surface area contributed by atoms with E-state index < -0.39 is 10.0 Å². The lowest BCUT2D eigenvalue weighted by molar-refractivity contribution is 0.432. The predicted molar refractivity (Wildman–Crippen MR) is 119 cm³/mol. The monoisotopic (exact) mass is 410 g/mol. The van der Waals surface area contributed by atoms with Crippen molar-refractivity contribution in [3.63, 3.8) is 0 Å². The number of pyridine rings is 1. The first-order valence-electron chi connectivity index (χ1n) is 9.87. The van der Waals surface area contributed by atoms with Gasteiger partial charge in [-0.3, -0.25) is 0 Å². The lowest BCUT2D eigenvalue weighted by atomic mass is 10.1. The van der Waals surface area contributed by atoms with Crippen molar-refractivity contribution in [3.8, 4) is 0 Å². The summed E-state index contributed by atoms with van der Waals surface area (Å²) >= 11 is 0. The molecule has 0 amide bonds. The number of hydrogen-bond acceptors (Lipinski definition) is 6. The molecule has 1 fully saturated rings. The molecule has 1 saturated heterocycles. The lowest BCUT2D eigenvalue weighted by Gasteiger charge is -2.39. The zero-order chi connectivity index (χ0) is 20.2. The second-order valence-corrected chi connectivity index (χ2v) is 12.8. The van der Waals surface area contributed by atoms with Crippen LogP contribution in [0.1, 0.15) is 30.1 Å². The van der Waals surface area contributed by atoms with Crippen LogP contribution in [0.15, 0.2) is 24.8 Å². The summed E-state index contributed by atoms with van der Waals surface area (Å²) in [5.41, 5.74) is 4.70. The lowest BCUT2D eigenvalue weighted by Crippen LogP contribution is -2.23. The van der Waals surface area contributed by atoms with Crippen LogP contribution >= 0.6 is 10.0 Å². The zero-order valence-corrected chi connectivity index (χ0v) is 18.1. The molecule has 0 unspecified atom stereocenters. The van der Waals surface area contributed by atoms with Crippen LogP contribution in [0.4, 0.5) is 11.6 Å². The number of aromatic nitrogens is 7. The third-order valence-corrected chi connectivity index (χ3v) is 8.54. The van der Waals surface area contributed by atoms with E-state index in [0.717, 1.165) is 33.6 Å². The van der Waals surface area contributed by atoms with Gasteiger partial charge in [-0.15, -0.1) is 0 Å². The number of anilines is 2. The van der Waals surface area contributed by atoms with Gasteiger partial charge in [-0.1, -0.05) is 0 Å². The summed E-state index contributed by atoms with van der Waals surface area (Å²) in [5.74, 6) is 3.17. The minimum atomic E-state index is -0.436. The summed E-state index contributed by atoms with van der Waals surface area (Å²) in [6, 6.07) is 2.41. The van der Waals surface area contributed by atoms with E-state index in [-0.39, 0.29) is 0 Å². The van der Waals surface area contributed by atoms with Crippen LogP contribution in [0.3, 0.4) is 0 Å². The molecule has 5 heterocycles. The van der Waals surface area contributed by atoms with E-state index in [1.54, 1.807) is 10.8 Å². The van der Waals surface area contributed by atoms with Crippen LogP contribution in [0.2, 0.25) is 0 Å². The van der Waals surface area contributed by atoms with Gasteiger partial charge >= 0.3 is 0 Å². The first kappa shape index (κ1) is 18.4. The van der Waals surface area contributed by atoms with E-state index in [4.69, 9.17) is 10.1 Å².